The third kappa shape index (κ3) is 5.69. The molecule has 7 heteroatoms. The molecule has 3 heterocycles. The number of thiophene rings is 1. The van der Waals surface area contributed by atoms with Crippen molar-refractivity contribution < 1.29 is 9.59 Å². The fourth-order valence-electron chi connectivity index (χ4n) is 3.99. The SMILES string of the molecule is CCCc1cc(C(=O)N2CCCC(CNC(=O)C3CCCN3)C2)sc1C.Cl. The van der Waals surface area contributed by atoms with E-state index >= 15 is 0 Å². The first-order valence-corrected chi connectivity index (χ1v) is 10.8. The van der Waals surface area contributed by atoms with Gasteiger partial charge in [-0.3, -0.25) is 9.59 Å². The molecule has 27 heavy (non-hydrogen) atoms. The lowest BCUT2D eigenvalue weighted by Gasteiger charge is -2.32. The van der Waals surface area contributed by atoms with Gasteiger partial charge in [0.25, 0.3) is 5.91 Å². The predicted octanol–water partition coefficient (Wildman–Crippen LogP) is 3.15. The van der Waals surface area contributed by atoms with Crippen LogP contribution < -0.4 is 10.6 Å². The molecule has 2 fully saturated rings. The Hall–Kier alpha value is -1.11. The quantitative estimate of drug-likeness (QED) is 0.753. The minimum Gasteiger partial charge on any atom is -0.354 e. The van der Waals surface area contributed by atoms with Gasteiger partial charge in [0.15, 0.2) is 0 Å². The van der Waals surface area contributed by atoms with Gasteiger partial charge in [0.05, 0.1) is 10.9 Å². The molecule has 0 radical (unpaired) electrons. The molecule has 0 aliphatic carbocycles. The van der Waals surface area contributed by atoms with Crippen LogP contribution in [0.15, 0.2) is 6.07 Å². The van der Waals surface area contributed by atoms with Crippen LogP contribution in [-0.4, -0.2) is 48.9 Å². The molecule has 2 aliphatic heterocycles. The molecular weight excluding hydrogens is 382 g/mol. The molecule has 0 saturated carbocycles. The lowest BCUT2D eigenvalue weighted by molar-refractivity contribution is -0.123. The van der Waals surface area contributed by atoms with Crippen molar-refractivity contribution in [3.05, 3.63) is 21.4 Å². The number of hydrogen-bond donors (Lipinski definition) is 2. The van der Waals surface area contributed by atoms with Gasteiger partial charge in [0, 0.05) is 24.5 Å². The van der Waals surface area contributed by atoms with Crippen molar-refractivity contribution in [1.29, 1.82) is 0 Å². The zero-order valence-electron chi connectivity index (χ0n) is 16.4. The average Bonchev–Trinajstić information content (AvgIpc) is 3.30. The molecule has 5 nitrogen and oxygen atoms in total. The van der Waals surface area contributed by atoms with Crippen molar-refractivity contribution in [3.8, 4) is 0 Å². The fraction of sp³-hybridized carbons (Fsp3) is 0.700. The van der Waals surface area contributed by atoms with E-state index in [0.717, 1.165) is 63.0 Å². The van der Waals surface area contributed by atoms with Crippen LogP contribution in [0.4, 0.5) is 0 Å². The van der Waals surface area contributed by atoms with E-state index in [2.05, 4.69) is 30.5 Å². The van der Waals surface area contributed by atoms with Crippen LogP contribution in [0.5, 0.6) is 0 Å². The van der Waals surface area contributed by atoms with E-state index in [-0.39, 0.29) is 30.3 Å². The number of nitrogens with one attached hydrogen (secondary N) is 2. The first-order chi connectivity index (χ1) is 12.6. The second-order valence-electron chi connectivity index (χ2n) is 7.60. The number of amides is 2. The van der Waals surface area contributed by atoms with E-state index in [1.807, 2.05) is 4.90 Å². The summed E-state index contributed by atoms with van der Waals surface area (Å²) in [4.78, 5) is 29.2. The van der Waals surface area contributed by atoms with Crippen molar-refractivity contribution >= 4 is 35.6 Å². The van der Waals surface area contributed by atoms with Crippen LogP contribution in [0.2, 0.25) is 0 Å². The maximum atomic E-state index is 12.9. The number of nitrogens with zero attached hydrogens (tertiary/aromatic N) is 1. The van der Waals surface area contributed by atoms with Gasteiger partial charge >= 0.3 is 0 Å². The van der Waals surface area contributed by atoms with Crippen LogP contribution in [0.3, 0.4) is 0 Å². The summed E-state index contributed by atoms with van der Waals surface area (Å²) in [6.45, 7) is 7.46. The van der Waals surface area contributed by atoms with Crippen LogP contribution in [0, 0.1) is 12.8 Å². The van der Waals surface area contributed by atoms with Crippen molar-refractivity contribution in [2.45, 2.75) is 58.4 Å². The normalized spacial score (nSPS) is 22.4. The first-order valence-electron chi connectivity index (χ1n) is 9.98. The summed E-state index contributed by atoms with van der Waals surface area (Å²) in [7, 11) is 0. The van der Waals surface area contributed by atoms with Crippen LogP contribution in [0.25, 0.3) is 0 Å². The smallest absolute Gasteiger partial charge is 0.263 e. The molecule has 2 atom stereocenters. The van der Waals surface area contributed by atoms with E-state index in [4.69, 9.17) is 0 Å². The van der Waals surface area contributed by atoms with Crippen LogP contribution >= 0.6 is 23.7 Å². The molecule has 2 saturated heterocycles. The fourth-order valence-corrected chi connectivity index (χ4v) is 5.03. The molecule has 2 aliphatic rings. The maximum Gasteiger partial charge on any atom is 0.263 e. The zero-order chi connectivity index (χ0) is 18.5. The van der Waals surface area contributed by atoms with Crippen LogP contribution in [0.1, 0.15) is 59.1 Å². The zero-order valence-corrected chi connectivity index (χ0v) is 18.0. The highest BCUT2D eigenvalue weighted by Crippen LogP contribution is 2.26. The highest BCUT2D eigenvalue weighted by atomic mass is 35.5. The Kier molecular flexibility index (Phi) is 8.58. The Bertz CT molecular complexity index is 643. The van der Waals surface area contributed by atoms with E-state index < -0.39 is 0 Å². The Morgan fingerprint density at radius 2 is 2.15 bits per heavy atom. The lowest BCUT2D eigenvalue weighted by atomic mass is 9.97. The van der Waals surface area contributed by atoms with Gasteiger partial charge in [-0.25, -0.2) is 0 Å². The molecule has 0 bridgehead atoms. The number of halogens is 1. The van der Waals surface area contributed by atoms with E-state index in [0.29, 0.717) is 12.5 Å². The minimum atomic E-state index is -0.0255. The third-order valence-electron chi connectivity index (χ3n) is 5.50. The molecule has 152 valence electrons. The summed E-state index contributed by atoms with van der Waals surface area (Å²) < 4.78 is 0. The second-order valence-corrected chi connectivity index (χ2v) is 8.85. The molecule has 0 aromatic carbocycles. The second kappa shape index (κ2) is 10.4. The number of carbonyl (C=O) groups is 2. The van der Waals surface area contributed by atoms with Gasteiger partial charge in [-0.15, -0.1) is 23.7 Å². The van der Waals surface area contributed by atoms with Crippen molar-refractivity contribution in [3.63, 3.8) is 0 Å². The van der Waals surface area contributed by atoms with E-state index in [1.54, 1.807) is 11.3 Å². The molecule has 2 amide bonds. The highest BCUT2D eigenvalue weighted by molar-refractivity contribution is 7.14. The van der Waals surface area contributed by atoms with E-state index in [1.165, 1.54) is 10.4 Å². The number of hydrogen-bond acceptors (Lipinski definition) is 4. The number of piperidine rings is 1. The van der Waals surface area contributed by atoms with Crippen molar-refractivity contribution in [2.24, 2.45) is 5.92 Å². The van der Waals surface area contributed by atoms with Gasteiger partial charge in [-0.05, 0) is 63.1 Å². The Labute approximate surface area is 172 Å². The van der Waals surface area contributed by atoms with Gasteiger partial charge in [-0.2, -0.15) is 0 Å². The lowest BCUT2D eigenvalue weighted by Crippen LogP contribution is -2.46. The summed E-state index contributed by atoms with van der Waals surface area (Å²) >= 11 is 1.62. The number of aryl methyl sites for hydroxylation is 2. The monoisotopic (exact) mass is 413 g/mol. The summed E-state index contributed by atoms with van der Waals surface area (Å²) in [6.07, 6.45) is 6.24. The van der Waals surface area contributed by atoms with E-state index in [9.17, 15) is 9.59 Å². The van der Waals surface area contributed by atoms with Crippen molar-refractivity contribution in [1.82, 2.24) is 15.5 Å². The molecule has 0 spiro atoms. The van der Waals surface area contributed by atoms with Gasteiger partial charge < -0.3 is 15.5 Å². The maximum absolute atomic E-state index is 12.9. The van der Waals surface area contributed by atoms with Crippen LogP contribution in [-0.2, 0) is 11.2 Å². The first kappa shape index (κ1) is 22.2. The number of rotatable bonds is 6. The molecule has 2 unspecified atom stereocenters. The average molecular weight is 414 g/mol. The molecule has 1 aromatic rings. The molecular formula is C20H32ClN3O2S. The Morgan fingerprint density at radius 1 is 1.33 bits per heavy atom. The third-order valence-corrected chi connectivity index (χ3v) is 6.58. The molecule has 3 rings (SSSR count). The standard InChI is InChI=1S/C20H31N3O2S.ClH/c1-3-6-16-11-18(26-14(16)2)20(25)23-10-5-7-15(13-23)12-22-19(24)17-8-4-9-21-17;/h11,15,17,21H,3-10,12-13H2,1-2H3,(H,22,24);1H. The Morgan fingerprint density at radius 3 is 2.85 bits per heavy atom. The summed E-state index contributed by atoms with van der Waals surface area (Å²) in [6, 6.07) is 2.06. The Balaban J connectivity index is 0.00000261. The number of carbonyl (C=O) groups excluding carboxylic acids is 2. The molecule has 2 N–H and O–H groups in total. The van der Waals surface area contributed by atoms with Gasteiger partial charge in [0.1, 0.15) is 0 Å². The highest BCUT2D eigenvalue weighted by Gasteiger charge is 2.27. The summed E-state index contributed by atoms with van der Waals surface area (Å²) in [5.41, 5.74) is 1.31. The minimum absolute atomic E-state index is 0. The summed E-state index contributed by atoms with van der Waals surface area (Å²) in [5.74, 6) is 0.632. The largest absolute Gasteiger partial charge is 0.354 e. The summed E-state index contributed by atoms with van der Waals surface area (Å²) in [5, 5.41) is 6.32. The van der Waals surface area contributed by atoms with Gasteiger partial charge in [-0.1, -0.05) is 13.3 Å². The van der Waals surface area contributed by atoms with Crippen molar-refractivity contribution in [2.75, 3.05) is 26.2 Å². The van der Waals surface area contributed by atoms with Gasteiger partial charge in [0.2, 0.25) is 5.91 Å². The topological polar surface area (TPSA) is 61.4 Å². The molecule has 1 aromatic heterocycles. The number of likely N-dealkylation sites (tertiary alicyclic amines) is 1. The predicted molar refractivity (Wildman–Crippen MR) is 113 cm³/mol.